The second-order valence-corrected chi connectivity index (χ2v) is 4.61. The first-order chi connectivity index (χ1) is 7.48. The van der Waals surface area contributed by atoms with Gasteiger partial charge in [-0.2, -0.15) is 8.42 Å². The van der Waals surface area contributed by atoms with Crippen LogP contribution in [0.4, 0.5) is 0 Å². The van der Waals surface area contributed by atoms with Crippen LogP contribution >= 0.6 is 0 Å². The lowest BCUT2D eigenvalue weighted by molar-refractivity contribution is -0.142. The van der Waals surface area contributed by atoms with E-state index in [1.807, 2.05) is 0 Å². The molecule has 0 unspecified atom stereocenters. The van der Waals surface area contributed by atoms with Crippen molar-refractivity contribution in [3.63, 3.8) is 0 Å². The minimum Gasteiger partial charge on any atom is -0.463 e. The highest BCUT2D eigenvalue weighted by molar-refractivity contribution is 7.87. The molecule has 16 heavy (non-hydrogen) atoms. The van der Waals surface area contributed by atoms with Crippen LogP contribution in [0.15, 0.2) is 0 Å². The number of esters is 1. The summed E-state index contributed by atoms with van der Waals surface area (Å²) in [6.45, 7) is 2.58. The summed E-state index contributed by atoms with van der Waals surface area (Å²) in [6.07, 6.45) is 0.557. The van der Waals surface area contributed by atoms with Crippen molar-refractivity contribution in [3.8, 4) is 0 Å². The average molecular weight is 254 g/mol. The van der Waals surface area contributed by atoms with Crippen LogP contribution in [0, 0.1) is 0 Å². The van der Waals surface area contributed by atoms with Crippen molar-refractivity contribution < 1.29 is 22.7 Å². The Labute approximate surface area is 95.7 Å². The standard InChI is InChI=1S/C8H18N2O5S/c1-8(11)15-7-6-14-5-3-4-10-16(12,13)9-2/h9-10H,3-7H2,1-2H3. The molecule has 0 bridgehead atoms. The molecular weight excluding hydrogens is 236 g/mol. The van der Waals surface area contributed by atoms with Crippen LogP contribution in [0.3, 0.4) is 0 Å². The molecule has 0 rings (SSSR count). The third-order valence-corrected chi connectivity index (χ3v) is 2.68. The first kappa shape index (κ1) is 15.3. The number of carbonyl (C=O) groups is 1. The van der Waals surface area contributed by atoms with E-state index in [9.17, 15) is 13.2 Å². The third kappa shape index (κ3) is 9.84. The Kier molecular flexibility index (Phi) is 8.08. The van der Waals surface area contributed by atoms with Gasteiger partial charge in [-0.1, -0.05) is 0 Å². The molecule has 2 N–H and O–H groups in total. The monoisotopic (exact) mass is 254 g/mol. The zero-order valence-corrected chi connectivity index (χ0v) is 10.3. The number of rotatable bonds is 9. The van der Waals surface area contributed by atoms with E-state index in [1.54, 1.807) is 0 Å². The topological polar surface area (TPSA) is 93.7 Å². The fourth-order valence-corrected chi connectivity index (χ4v) is 1.36. The zero-order chi connectivity index (χ0) is 12.4. The van der Waals surface area contributed by atoms with Gasteiger partial charge < -0.3 is 9.47 Å². The van der Waals surface area contributed by atoms with Gasteiger partial charge in [0.05, 0.1) is 6.61 Å². The maximum Gasteiger partial charge on any atom is 0.302 e. The number of hydrogen-bond donors (Lipinski definition) is 2. The third-order valence-electron chi connectivity index (χ3n) is 1.56. The van der Waals surface area contributed by atoms with Crippen LogP contribution in [0.25, 0.3) is 0 Å². The lowest BCUT2D eigenvalue weighted by Crippen LogP contribution is -2.34. The fourth-order valence-electron chi connectivity index (χ4n) is 0.799. The van der Waals surface area contributed by atoms with Gasteiger partial charge in [-0.15, -0.1) is 0 Å². The van der Waals surface area contributed by atoms with Crippen molar-refractivity contribution >= 4 is 16.2 Å². The van der Waals surface area contributed by atoms with Gasteiger partial charge >= 0.3 is 5.97 Å². The van der Waals surface area contributed by atoms with Crippen molar-refractivity contribution in [3.05, 3.63) is 0 Å². The summed E-state index contributed by atoms with van der Waals surface area (Å²) in [6, 6.07) is 0. The molecule has 0 amide bonds. The number of nitrogens with one attached hydrogen (secondary N) is 2. The first-order valence-corrected chi connectivity index (χ1v) is 6.35. The molecule has 0 saturated carbocycles. The highest BCUT2D eigenvalue weighted by Gasteiger charge is 2.03. The van der Waals surface area contributed by atoms with Crippen molar-refractivity contribution in [1.29, 1.82) is 0 Å². The van der Waals surface area contributed by atoms with Crippen LogP contribution < -0.4 is 9.44 Å². The van der Waals surface area contributed by atoms with Crippen LogP contribution in [-0.4, -0.2) is 47.8 Å². The molecule has 0 spiro atoms. The summed E-state index contributed by atoms with van der Waals surface area (Å²) in [5.41, 5.74) is 0. The molecule has 0 aromatic heterocycles. The van der Waals surface area contributed by atoms with E-state index >= 15 is 0 Å². The molecule has 96 valence electrons. The normalized spacial score (nSPS) is 11.4. The summed E-state index contributed by atoms with van der Waals surface area (Å²) in [4.78, 5) is 10.4. The maximum absolute atomic E-state index is 10.9. The first-order valence-electron chi connectivity index (χ1n) is 4.87. The minimum atomic E-state index is -3.35. The molecule has 0 heterocycles. The number of hydrogen-bond acceptors (Lipinski definition) is 5. The van der Waals surface area contributed by atoms with E-state index in [2.05, 4.69) is 14.2 Å². The lowest BCUT2D eigenvalue weighted by atomic mass is 10.5. The fraction of sp³-hybridized carbons (Fsp3) is 0.875. The molecule has 0 atom stereocenters. The van der Waals surface area contributed by atoms with E-state index in [4.69, 9.17) is 4.74 Å². The minimum absolute atomic E-state index is 0.220. The maximum atomic E-state index is 10.9. The Bertz CT molecular complexity index is 291. The van der Waals surface area contributed by atoms with Crippen LogP contribution in [0.2, 0.25) is 0 Å². The SMILES string of the molecule is CNS(=O)(=O)NCCCOCCOC(C)=O. The number of carbonyl (C=O) groups excluding carboxylic acids is 1. The molecule has 0 aliphatic heterocycles. The molecule has 0 fully saturated rings. The van der Waals surface area contributed by atoms with Crippen molar-refractivity contribution in [2.24, 2.45) is 0 Å². The van der Waals surface area contributed by atoms with E-state index in [0.717, 1.165) is 0 Å². The summed E-state index contributed by atoms with van der Waals surface area (Å²) in [5, 5.41) is 0. The summed E-state index contributed by atoms with van der Waals surface area (Å²) in [7, 11) is -2.02. The van der Waals surface area contributed by atoms with Gasteiger partial charge in [0.25, 0.3) is 10.2 Å². The Hall–Kier alpha value is -0.700. The number of ether oxygens (including phenoxy) is 2. The molecule has 0 aromatic carbocycles. The molecular formula is C8H18N2O5S. The Balaban J connectivity index is 3.25. The van der Waals surface area contributed by atoms with Crippen LogP contribution in [0.5, 0.6) is 0 Å². The largest absolute Gasteiger partial charge is 0.463 e. The molecule has 0 aliphatic rings. The van der Waals surface area contributed by atoms with E-state index < -0.39 is 10.2 Å². The van der Waals surface area contributed by atoms with Crippen molar-refractivity contribution in [2.45, 2.75) is 13.3 Å². The predicted octanol–water partition coefficient (Wildman–Crippen LogP) is -0.990. The van der Waals surface area contributed by atoms with Gasteiger partial charge in [0.2, 0.25) is 0 Å². The van der Waals surface area contributed by atoms with Gasteiger partial charge in [0.15, 0.2) is 0 Å². The molecule has 8 heteroatoms. The van der Waals surface area contributed by atoms with Gasteiger partial charge in [-0.05, 0) is 6.42 Å². The predicted molar refractivity (Wildman–Crippen MR) is 58.1 cm³/mol. The highest BCUT2D eigenvalue weighted by Crippen LogP contribution is 1.84. The average Bonchev–Trinajstić information content (AvgIpc) is 2.21. The summed E-state index contributed by atoms with van der Waals surface area (Å²) >= 11 is 0. The summed E-state index contributed by atoms with van der Waals surface area (Å²) < 4.78 is 36.0. The quantitative estimate of drug-likeness (QED) is 0.407. The highest BCUT2D eigenvalue weighted by atomic mass is 32.2. The van der Waals surface area contributed by atoms with Crippen molar-refractivity contribution in [1.82, 2.24) is 9.44 Å². The van der Waals surface area contributed by atoms with Gasteiger partial charge in [-0.3, -0.25) is 4.79 Å². The molecule has 0 radical (unpaired) electrons. The Morgan fingerprint density at radius 3 is 2.50 bits per heavy atom. The molecule has 0 aromatic rings. The zero-order valence-electron chi connectivity index (χ0n) is 9.49. The summed E-state index contributed by atoms with van der Waals surface area (Å²) in [5.74, 6) is -0.342. The lowest BCUT2D eigenvalue weighted by Gasteiger charge is -2.06. The Morgan fingerprint density at radius 2 is 1.94 bits per heavy atom. The van der Waals surface area contributed by atoms with Crippen LogP contribution in [-0.2, 0) is 24.5 Å². The van der Waals surface area contributed by atoms with Gasteiger partial charge in [0, 0.05) is 27.1 Å². The molecule has 0 aliphatic carbocycles. The smallest absolute Gasteiger partial charge is 0.302 e. The van der Waals surface area contributed by atoms with Crippen LogP contribution in [0.1, 0.15) is 13.3 Å². The van der Waals surface area contributed by atoms with E-state index in [0.29, 0.717) is 26.2 Å². The van der Waals surface area contributed by atoms with Crippen molar-refractivity contribution in [2.75, 3.05) is 33.4 Å². The second-order valence-electron chi connectivity index (χ2n) is 2.91. The Morgan fingerprint density at radius 1 is 1.25 bits per heavy atom. The van der Waals surface area contributed by atoms with Gasteiger partial charge in [0.1, 0.15) is 6.61 Å². The second kappa shape index (κ2) is 8.45. The molecule has 7 nitrogen and oxygen atoms in total. The van der Waals surface area contributed by atoms with E-state index in [-0.39, 0.29) is 12.6 Å². The van der Waals surface area contributed by atoms with E-state index in [1.165, 1.54) is 14.0 Å². The van der Waals surface area contributed by atoms with Gasteiger partial charge in [-0.25, -0.2) is 9.44 Å². The molecule has 0 saturated heterocycles.